The molecular formula is C15H19N3O. The van der Waals surface area contributed by atoms with Gasteiger partial charge in [0.25, 0.3) is 0 Å². The summed E-state index contributed by atoms with van der Waals surface area (Å²) in [6.45, 7) is 6.26. The number of rotatable bonds is 2. The second kappa shape index (κ2) is 5.40. The van der Waals surface area contributed by atoms with E-state index >= 15 is 0 Å². The molecular weight excluding hydrogens is 238 g/mol. The van der Waals surface area contributed by atoms with Crippen molar-refractivity contribution in [2.24, 2.45) is 0 Å². The average Bonchev–Trinajstić information content (AvgIpc) is 2.37. The van der Waals surface area contributed by atoms with Crippen molar-refractivity contribution in [2.45, 2.75) is 46.1 Å². The fourth-order valence-electron chi connectivity index (χ4n) is 2.77. The quantitative estimate of drug-likeness (QED) is 0.817. The summed E-state index contributed by atoms with van der Waals surface area (Å²) < 4.78 is 0. The van der Waals surface area contributed by atoms with Crippen LogP contribution in [0.1, 0.15) is 43.0 Å². The molecule has 1 atom stereocenters. The Morgan fingerprint density at radius 1 is 1.47 bits per heavy atom. The summed E-state index contributed by atoms with van der Waals surface area (Å²) in [7, 11) is 0. The highest BCUT2D eigenvalue weighted by Gasteiger charge is 2.29. The summed E-state index contributed by atoms with van der Waals surface area (Å²) in [5.74, 6) is 0.837. The zero-order valence-electron chi connectivity index (χ0n) is 11.7. The molecule has 2 rings (SSSR count). The van der Waals surface area contributed by atoms with Gasteiger partial charge in [0.05, 0.1) is 11.6 Å². The van der Waals surface area contributed by atoms with Gasteiger partial charge in [-0.15, -0.1) is 0 Å². The van der Waals surface area contributed by atoms with E-state index in [-0.39, 0.29) is 11.8 Å². The van der Waals surface area contributed by atoms with E-state index in [4.69, 9.17) is 0 Å². The Morgan fingerprint density at radius 3 is 2.84 bits per heavy atom. The van der Waals surface area contributed by atoms with E-state index in [0.29, 0.717) is 11.4 Å². The zero-order chi connectivity index (χ0) is 14.0. The van der Waals surface area contributed by atoms with Gasteiger partial charge >= 0.3 is 0 Å². The van der Waals surface area contributed by atoms with Gasteiger partial charge in [-0.05, 0) is 51.7 Å². The summed E-state index contributed by atoms with van der Waals surface area (Å²) in [5.41, 5.74) is 2.41. The standard InChI is InChI=1S/C15H19N3O/c1-10-8-11(2)17-15(13(10)9-16)18-7-5-4-6-14(18)12(3)19/h8,14H,4-7H2,1-3H3. The number of piperidine rings is 1. The molecule has 0 aromatic carbocycles. The summed E-state index contributed by atoms with van der Waals surface area (Å²) in [4.78, 5) is 18.3. The molecule has 1 fully saturated rings. The lowest BCUT2D eigenvalue weighted by molar-refractivity contribution is -0.118. The van der Waals surface area contributed by atoms with Crippen molar-refractivity contribution in [2.75, 3.05) is 11.4 Å². The van der Waals surface area contributed by atoms with Crippen LogP contribution in [0.25, 0.3) is 0 Å². The van der Waals surface area contributed by atoms with Crippen molar-refractivity contribution in [3.8, 4) is 6.07 Å². The van der Waals surface area contributed by atoms with Crippen molar-refractivity contribution in [3.05, 3.63) is 22.9 Å². The van der Waals surface area contributed by atoms with Crippen molar-refractivity contribution in [1.82, 2.24) is 4.98 Å². The molecule has 0 N–H and O–H groups in total. The molecule has 100 valence electrons. The first kappa shape index (κ1) is 13.5. The van der Waals surface area contributed by atoms with Crippen LogP contribution in [0.3, 0.4) is 0 Å². The number of aromatic nitrogens is 1. The van der Waals surface area contributed by atoms with E-state index in [9.17, 15) is 10.1 Å². The highest BCUT2D eigenvalue weighted by molar-refractivity contribution is 5.85. The minimum atomic E-state index is -0.130. The number of carbonyl (C=O) groups is 1. The summed E-state index contributed by atoms with van der Waals surface area (Å²) in [6, 6.07) is 4.01. The Labute approximate surface area is 114 Å². The lowest BCUT2D eigenvalue weighted by atomic mass is 9.98. The van der Waals surface area contributed by atoms with Gasteiger partial charge in [0.15, 0.2) is 5.78 Å². The van der Waals surface area contributed by atoms with E-state index in [2.05, 4.69) is 11.1 Å². The third kappa shape index (κ3) is 2.60. The highest BCUT2D eigenvalue weighted by atomic mass is 16.1. The second-order valence-corrected chi connectivity index (χ2v) is 5.21. The Hall–Kier alpha value is -1.89. The van der Waals surface area contributed by atoms with Gasteiger partial charge in [-0.1, -0.05) is 0 Å². The fourth-order valence-corrected chi connectivity index (χ4v) is 2.77. The predicted octanol–water partition coefficient (Wildman–Crippen LogP) is 2.52. The van der Waals surface area contributed by atoms with Gasteiger partial charge in [-0.3, -0.25) is 4.79 Å². The minimum Gasteiger partial charge on any atom is -0.345 e. The first-order chi connectivity index (χ1) is 9.04. The molecule has 1 saturated heterocycles. The summed E-state index contributed by atoms with van der Waals surface area (Å²) >= 11 is 0. The van der Waals surface area contributed by atoms with Crippen LogP contribution in [0.2, 0.25) is 0 Å². The van der Waals surface area contributed by atoms with Gasteiger partial charge in [0.2, 0.25) is 0 Å². The summed E-state index contributed by atoms with van der Waals surface area (Å²) in [6.07, 6.45) is 2.96. The third-order valence-electron chi connectivity index (χ3n) is 3.68. The molecule has 19 heavy (non-hydrogen) atoms. The summed E-state index contributed by atoms with van der Waals surface area (Å²) in [5, 5.41) is 9.34. The number of Topliss-reactive ketones (excluding diaryl/α,β-unsaturated/α-hetero) is 1. The molecule has 1 aliphatic heterocycles. The molecule has 0 saturated carbocycles. The van der Waals surface area contributed by atoms with Crippen molar-refractivity contribution in [3.63, 3.8) is 0 Å². The first-order valence-corrected chi connectivity index (χ1v) is 6.70. The zero-order valence-corrected chi connectivity index (χ0v) is 11.7. The van der Waals surface area contributed by atoms with E-state index in [1.807, 2.05) is 24.8 Å². The van der Waals surface area contributed by atoms with E-state index in [1.54, 1.807) is 6.92 Å². The number of aryl methyl sites for hydroxylation is 2. The second-order valence-electron chi connectivity index (χ2n) is 5.21. The molecule has 0 radical (unpaired) electrons. The van der Waals surface area contributed by atoms with Crippen LogP contribution >= 0.6 is 0 Å². The maximum absolute atomic E-state index is 11.8. The first-order valence-electron chi connectivity index (χ1n) is 6.70. The monoisotopic (exact) mass is 257 g/mol. The minimum absolute atomic E-state index is 0.130. The molecule has 1 aromatic heterocycles. The van der Waals surface area contributed by atoms with Crippen molar-refractivity contribution >= 4 is 11.6 Å². The molecule has 0 amide bonds. The Morgan fingerprint density at radius 2 is 2.21 bits per heavy atom. The normalized spacial score (nSPS) is 19.1. The topological polar surface area (TPSA) is 57.0 Å². The number of anilines is 1. The number of ketones is 1. The van der Waals surface area contributed by atoms with Crippen LogP contribution < -0.4 is 4.90 Å². The van der Waals surface area contributed by atoms with Gasteiger partial charge < -0.3 is 4.90 Å². The number of hydrogen-bond donors (Lipinski definition) is 0. The van der Waals surface area contributed by atoms with Crippen molar-refractivity contribution < 1.29 is 4.79 Å². The Balaban J connectivity index is 2.50. The molecule has 1 unspecified atom stereocenters. The van der Waals surface area contributed by atoms with Gasteiger partial charge in [0.1, 0.15) is 11.9 Å². The molecule has 4 nitrogen and oxygen atoms in total. The molecule has 0 bridgehead atoms. The number of nitrogens with zero attached hydrogens (tertiary/aromatic N) is 3. The van der Waals surface area contributed by atoms with Gasteiger partial charge in [0, 0.05) is 12.2 Å². The molecule has 1 aliphatic rings. The maximum Gasteiger partial charge on any atom is 0.152 e. The largest absolute Gasteiger partial charge is 0.345 e. The van der Waals surface area contributed by atoms with Crippen LogP contribution in [0.4, 0.5) is 5.82 Å². The van der Waals surface area contributed by atoms with Crippen LogP contribution in [-0.2, 0) is 4.79 Å². The number of pyridine rings is 1. The van der Waals surface area contributed by atoms with Crippen LogP contribution in [0.5, 0.6) is 0 Å². The predicted molar refractivity (Wildman–Crippen MR) is 74.1 cm³/mol. The fraction of sp³-hybridized carbons (Fsp3) is 0.533. The lowest BCUT2D eigenvalue weighted by Crippen LogP contribution is -2.44. The Kier molecular flexibility index (Phi) is 3.84. The van der Waals surface area contributed by atoms with Crippen LogP contribution in [0, 0.1) is 25.2 Å². The van der Waals surface area contributed by atoms with Gasteiger partial charge in [-0.2, -0.15) is 5.26 Å². The van der Waals surface area contributed by atoms with E-state index < -0.39 is 0 Å². The SMILES string of the molecule is CC(=O)C1CCCCN1c1nc(C)cc(C)c1C#N. The smallest absolute Gasteiger partial charge is 0.152 e. The highest BCUT2D eigenvalue weighted by Crippen LogP contribution is 2.28. The molecule has 4 heteroatoms. The molecule has 2 heterocycles. The Bertz CT molecular complexity index is 545. The number of nitriles is 1. The van der Waals surface area contributed by atoms with E-state index in [0.717, 1.165) is 37.1 Å². The molecule has 0 aliphatic carbocycles. The number of carbonyl (C=O) groups excluding carboxylic acids is 1. The average molecular weight is 257 g/mol. The van der Waals surface area contributed by atoms with Gasteiger partial charge in [-0.25, -0.2) is 4.98 Å². The lowest BCUT2D eigenvalue weighted by Gasteiger charge is -2.35. The van der Waals surface area contributed by atoms with E-state index in [1.165, 1.54) is 0 Å². The van der Waals surface area contributed by atoms with Crippen LogP contribution in [0.15, 0.2) is 6.07 Å². The number of hydrogen-bond acceptors (Lipinski definition) is 4. The maximum atomic E-state index is 11.8. The van der Waals surface area contributed by atoms with Crippen LogP contribution in [-0.4, -0.2) is 23.4 Å². The van der Waals surface area contributed by atoms with Crippen molar-refractivity contribution in [1.29, 1.82) is 5.26 Å². The third-order valence-corrected chi connectivity index (χ3v) is 3.68. The molecule has 1 aromatic rings. The molecule has 0 spiro atoms.